The van der Waals surface area contributed by atoms with Crippen molar-refractivity contribution in [3.63, 3.8) is 0 Å². The zero-order valence-electron chi connectivity index (χ0n) is 17.2. The van der Waals surface area contributed by atoms with Crippen LogP contribution in [-0.2, 0) is 26.9 Å². The zero-order valence-corrected chi connectivity index (χ0v) is 18.9. The number of sulfonamides is 1. The van der Waals surface area contributed by atoms with Crippen LogP contribution in [0.15, 0.2) is 39.1 Å². The van der Waals surface area contributed by atoms with Crippen LogP contribution in [0.3, 0.4) is 0 Å². The maximum absolute atomic E-state index is 13.2. The third-order valence-corrected chi connectivity index (χ3v) is 7.35. The Balaban J connectivity index is 2.29. The molecule has 0 aliphatic rings. The molecule has 0 saturated carbocycles. The van der Waals surface area contributed by atoms with Gasteiger partial charge in [0.25, 0.3) is 0 Å². The first-order valence-electron chi connectivity index (χ1n) is 8.97. The molecular weight excluding hydrogens is 500 g/mol. The minimum Gasteiger partial charge on any atom is -0.391 e. The molecule has 0 saturated heterocycles. The lowest BCUT2D eigenvalue weighted by molar-refractivity contribution is -0.137. The summed E-state index contributed by atoms with van der Waals surface area (Å²) in [5.41, 5.74) is -6.38. The van der Waals surface area contributed by atoms with E-state index in [9.17, 15) is 39.9 Å². The number of benzene rings is 1. The zero-order chi connectivity index (χ0) is 25.2. The first kappa shape index (κ1) is 26.8. The summed E-state index contributed by atoms with van der Waals surface area (Å²) in [6, 6.07) is 4.55. The lowest BCUT2D eigenvalue weighted by Crippen LogP contribution is -2.29. The number of aromatic nitrogens is 2. The van der Waals surface area contributed by atoms with E-state index in [1.807, 2.05) is 0 Å². The van der Waals surface area contributed by atoms with E-state index in [1.165, 1.54) is 44.4 Å². The molecule has 3 N–H and O–H groups in total. The Morgan fingerprint density at radius 2 is 1.67 bits per heavy atom. The summed E-state index contributed by atoms with van der Waals surface area (Å²) in [5, 5.41) is 14.7. The fraction of sp³-hybridized carbons (Fsp3) is 0.412. The van der Waals surface area contributed by atoms with Gasteiger partial charge in [-0.1, -0.05) is 10.7 Å². The highest BCUT2D eigenvalue weighted by Gasteiger charge is 2.46. The largest absolute Gasteiger partial charge is 0.519 e. The van der Waals surface area contributed by atoms with Crippen LogP contribution in [0.4, 0.5) is 43.8 Å². The van der Waals surface area contributed by atoms with Crippen molar-refractivity contribution in [2.45, 2.75) is 42.6 Å². The summed E-state index contributed by atoms with van der Waals surface area (Å²) in [7, 11) is -7.29. The van der Waals surface area contributed by atoms with Gasteiger partial charge in [-0.05, 0) is 44.4 Å². The van der Waals surface area contributed by atoms with E-state index < -0.39 is 55.9 Å². The van der Waals surface area contributed by atoms with Gasteiger partial charge in [-0.15, -0.1) is 3.77 Å². The molecule has 0 aliphatic carbocycles. The van der Waals surface area contributed by atoms with Crippen LogP contribution in [0.2, 0.25) is 0 Å². The number of anilines is 3. The third-order valence-electron chi connectivity index (χ3n) is 4.14. The topological polar surface area (TPSA) is 117 Å². The number of nitrogens with zero attached hydrogens (tertiary/aromatic N) is 3. The lowest BCUT2D eigenvalue weighted by Gasteiger charge is -2.20. The highest BCUT2D eigenvalue weighted by atomic mass is 32.3. The Morgan fingerprint density at radius 1 is 1.09 bits per heavy atom. The summed E-state index contributed by atoms with van der Waals surface area (Å²) in [4.78, 5) is 7.60. The van der Waals surface area contributed by atoms with Crippen molar-refractivity contribution in [3.8, 4) is 0 Å². The molecule has 2 rings (SSSR count). The summed E-state index contributed by atoms with van der Waals surface area (Å²) < 4.78 is 102. The maximum Gasteiger partial charge on any atom is 0.519 e. The van der Waals surface area contributed by atoms with Gasteiger partial charge in [-0.2, -0.15) is 39.7 Å². The Kier molecular flexibility index (Phi) is 7.96. The van der Waals surface area contributed by atoms with Gasteiger partial charge in [0.05, 0.1) is 12.1 Å². The van der Waals surface area contributed by atoms with Crippen molar-refractivity contribution in [2.24, 2.45) is 3.77 Å². The van der Waals surface area contributed by atoms with Crippen molar-refractivity contribution in [1.82, 2.24) is 9.97 Å². The van der Waals surface area contributed by atoms with Crippen LogP contribution in [0, 0.1) is 0 Å². The Hall–Kier alpha value is -2.46. The first-order valence-corrected chi connectivity index (χ1v) is 12.0. The van der Waals surface area contributed by atoms with E-state index in [2.05, 4.69) is 24.4 Å². The molecule has 16 heteroatoms. The van der Waals surface area contributed by atoms with E-state index in [-0.39, 0.29) is 16.5 Å². The third kappa shape index (κ3) is 7.01. The summed E-state index contributed by atoms with van der Waals surface area (Å²) in [5.74, 6) is -0.785. The molecule has 0 fully saturated rings. The standard InChI is InChI=1S/C17H19F6N5O3S2/c1-9(10(2)29)25-14-13(16(18,19)20)8-24-15(27-14)26-11-4-6-12(7-5-11)32(3)28-33(30,31)17(21,22)23/h4-10,29H,1-3H3,(H2,24,25,26,27)/t9-,10-,32+/m1/s1. The summed E-state index contributed by atoms with van der Waals surface area (Å²) >= 11 is 0. The van der Waals surface area contributed by atoms with Crippen LogP contribution in [-0.4, -0.2) is 47.4 Å². The molecular formula is C17H19F6N5O3S2. The van der Waals surface area contributed by atoms with Crippen LogP contribution in [0.5, 0.6) is 0 Å². The van der Waals surface area contributed by atoms with E-state index in [0.29, 0.717) is 6.20 Å². The molecule has 8 nitrogen and oxygen atoms in total. The summed E-state index contributed by atoms with van der Waals surface area (Å²) in [6.45, 7) is 2.85. The Labute approximate surface area is 187 Å². The molecule has 0 amide bonds. The number of hydrogen-bond donors (Lipinski definition) is 3. The maximum atomic E-state index is 13.2. The van der Waals surface area contributed by atoms with Crippen molar-refractivity contribution in [1.29, 1.82) is 0 Å². The van der Waals surface area contributed by atoms with E-state index in [4.69, 9.17) is 0 Å². The van der Waals surface area contributed by atoms with Crippen LogP contribution in [0.25, 0.3) is 0 Å². The number of nitrogens with one attached hydrogen (secondary N) is 2. The van der Waals surface area contributed by atoms with E-state index in [1.54, 1.807) is 0 Å². The minimum absolute atomic E-state index is 0.176. The fourth-order valence-corrected chi connectivity index (χ4v) is 4.58. The molecule has 0 aliphatic heterocycles. The van der Waals surface area contributed by atoms with Crippen LogP contribution >= 0.6 is 0 Å². The molecule has 2 aromatic rings. The molecule has 1 heterocycles. The first-order chi connectivity index (χ1) is 15.0. The number of hydrogen-bond acceptors (Lipinski definition) is 7. The van der Waals surface area contributed by atoms with Gasteiger partial charge in [-0.25, -0.2) is 4.98 Å². The number of alkyl halides is 6. The van der Waals surface area contributed by atoms with Gasteiger partial charge in [0.15, 0.2) is 0 Å². The second-order valence-corrected chi connectivity index (χ2v) is 10.2. The second-order valence-electron chi connectivity index (χ2n) is 6.75. The molecule has 0 bridgehead atoms. The van der Waals surface area contributed by atoms with Gasteiger partial charge in [0, 0.05) is 16.8 Å². The number of aliphatic hydroxyl groups excluding tert-OH is 1. The van der Waals surface area contributed by atoms with E-state index >= 15 is 0 Å². The lowest BCUT2D eigenvalue weighted by atomic mass is 10.2. The number of aliphatic hydroxyl groups is 1. The highest BCUT2D eigenvalue weighted by molar-refractivity contribution is 8.00. The van der Waals surface area contributed by atoms with Gasteiger partial charge in [0.2, 0.25) is 5.95 Å². The number of halogens is 6. The fourth-order valence-electron chi connectivity index (χ4n) is 2.19. The smallest absolute Gasteiger partial charge is 0.391 e. The molecule has 0 radical (unpaired) electrons. The average Bonchev–Trinajstić information content (AvgIpc) is 2.66. The van der Waals surface area contributed by atoms with Crippen molar-refractivity contribution in [3.05, 3.63) is 36.0 Å². The molecule has 0 unspecified atom stereocenters. The predicted molar refractivity (Wildman–Crippen MR) is 110 cm³/mol. The molecule has 184 valence electrons. The van der Waals surface area contributed by atoms with Crippen LogP contribution < -0.4 is 10.6 Å². The van der Waals surface area contributed by atoms with Gasteiger partial charge >= 0.3 is 21.7 Å². The number of rotatable bonds is 7. The molecule has 1 aromatic carbocycles. The SMILES string of the molecule is C[C@@H](O)[C@@H](C)Nc1nc(Nc2ccc([S@](C)=NS(=O)(=O)C(F)(F)F)cc2)ncc1C(F)(F)F. The van der Waals surface area contributed by atoms with Crippen molar-refractivity contribution in [2.75, 3.05) is 16.9 Å². The van der Waals surface area contributed by atoms with Gasteiger partial charge < -0.3 is 15.7 Å². The van der Waals surface area contributed by atoms with Crippen LogP contribution in [0.1, 0.15) is 19.4 Å². The Morgan fingerprint density at radius 3 is 2.15 bits per heavy atom. The van der Waals surface area contributed by atoms with E-state index in [0.717, 1.165) is 0 Å². The molecule has 3 atom stereocenters. The van der Waals surface area contributed by atoms with Crippen molar-refractivity contribution >= 4 is 38.2 Å². The Bertz CT molecular complexity index is 1120. The van der Waals surface area contributed by atoms with Gasteiger partial charge in [-0.3, -0.25) is 0 Å². The monoisotopic (exact) mass is 519 g/mol. The highest BCUT2D eigenvalue weighted by Crippen LogP contribution is 2.34. The predicted octanol–water partition coefficient (Wildman–Crippen LogP) is 4.06. The summed E-state index contributed by atoms with van der Waals surface area (Å²) in [6.07, 6.45) is -3.98. The molecule has 0 spiro atoms. The molecule has 33 heavy (non-hydrogen) atoms. The van der Waals surface area contributed by atoms with Crippen molar-refractivity contribution < 1.29 is 39.9 Å². The molecule has 1 aromatic heterocycles. The van der Waals surface area contributed by atoms with Gasteiger partial charge in [0.1, 0.15) is 11.4 Å². The minimum atomic E-state index is -5.66. The normalized spacial score (nSPS) is 15.7. The average molecular weight is 519 g/mol. The second kappa shape index (κ2) is 9.80. The quantitative estimate of drug-likeness (QED) is 0.473.